The predicted molar refractivity (Wildman–Crippen MR) is 109 cm³/mol. The van der Waals surface area contributed by atoms with Crippen LogP contribution >= 0.6 is 0 Å². The zero-order valence-corrected chi connectivity index (χ0v) is 17.0. The van der Waals surface area contributed by atoms with Crippen molar-refractivity contribution in [3.05, 3.63) is 54.1 Å². The molecule has 0 aromatic heterocycles. The van der Waals surface area contributed by atoms with Gasteiger partial charge in [-0.05, 0) is 37.6 Å². The van der Waals surface area contributed by atoms with E-state index in [0.29, 0.717) is 29.1 Å². The van der Waals surface area contributed by atoms with E-state index >= 15 is 0 Å². The van der Waals surface area contributed by atoms with Crippen molar-refractivity contribution in [2.45, 2.75) is 19.8 Å². The van der Waals surface area contributed by atoms with Crippen molar-refractivity contribution < 1.29 is 22.7 Å². The SMILES string of the molecule is COc1ccccc1N(CCCC(=O)Nc1cccc(C(C)=O)c1)S(C)(=O)=O. The molecule has 0 aliphatic carbocycles. The van der Waals surface area contributed by atoms with E-state index in [4.69, 9.17) is 4.74 Å². The van der Waals surface area contributed by atoms with E-state index in [2.05, 4.69) is 5.32 Å². The molecule has 1 amide bonds. The van der Waals surface area contributed by atoms with Gasteiger partial charge in [-0.3, -0.25) is 13.9 Å². The lowest BCUT2D eigenvalue weighted by molar-refractivity contribution is -0.116. The smallest absolute Gasteiger partial charge is 0.232 e. The number of sulfonamides is 1. The average molecular weight is 404 g/mol. The van der Waals surface area contributed by atoms with Crippen LogP contribution in [-0.4, -0.2) is 40.0 Å². The third-order valence-corrected chi connectivity index (χ3v) is 5.25. The molecule has 150 valence electrons. The van der Waals surface area contributed by atoms with Crippen LogP contribution in [0.5, 0.6) is 5.75 Å². The quantitative estimate of drug-likeness (QED) is 0.649. The Morgan fingerprint density at radius 3 is 2.46 bits per heavy atom. The molecule has 0 saturated heterocycles. The highest BCUT2D eigenvalue weighted by Gasteiger charge is 2.20. The second kappa shape index (κ2) is 9.36. The molecule has 1 N–H and O–H groups in total. The Morgan fingerprint density at radius 2 is 1.82 bits per heavy atom. The van der Waals surface area contributed by atoms with Crippen molar-refractivity contribution in [1.29, 1.82) is 0 Å². The fraction of sp³-hybridized carbons (Fsp3) is 0.300. The monoisotopic (exact) mass is 404 g/mol. The number of carbonyl (C=O) groups is 2. The summed E-state index contributed by atoms with van der Waals surface area (Å²) in [4.78, 5) is 23.6. The van der Waals surface area contributed by atoms with Crippen molar-refractivity contribution in [3.63, 3.8) is 0 Å². The van der Waals surface area contributed by atoms with Crippen LogP contribution in [0.1, 0.15) is 30.1 Å². The summed E-state index contributed by atoms with van der Waals surface area (Å²) in [5.41, 5.74) is 1.47. The van der Waals surface area contributed by atoms with Crippen LogP contribution in [0, 0.1) is 0 Å². The lowest BCUT2D eigenvalue weighted by atomic mass is 10.1. The molecular weight excluding hydrogens is 380 g/mol. The van der Waals surface area contributed by atoms with E-state index in [1.54, 1.807) is 48.5 Å². The summed E-state index contributed by atoms with van der Waals surface area (Å²) in [7, 11) is -2.06. The van der Waals surface area contributed by atoms with Crippen molar-refractivity contribution in [3.8, 4) is 5.75 Å². The van der Waals surface area contributed by atoms with Gasteiger partial charge in [-0.2, -0.15) is 0 Å². The van der Waals surface area contributed by atoms with Gasteiger partial charge in [0.25, 0.3) is 0 Å². The van der Waals surface area contributed by atoms with Crippen LogP contribution in [0.15, 0.2) is 48.5 Å². The summed E-state index contributed by atoms with van der Waals surface area (Å²) in [6.45, 7) is 1.60. The lowest BCUT2D eigenvalue weighted by Crippen LogP contribution is -2.31. The maximum absolute atomic E-state index is 12.2. The molecule has 0 spiro atoms. The van der Waals surface area contributed by atoms with E-state index < -0.39 is 10.0 Å². The molecule has 0 saturated carbocycles. The number of benzene rings is 2. The van der Waals surface area contributed by atoms with E-state index in [0.717, 1.165) is 6.26 Å². The van der Waals surface area contributed by atoms with Crippen LogP contribution in [0.3, 0.4) is 0 Å². The topological polar surface area (TPSA) is 92.8 Å². The second-order valence-corrected chi connectivity index (χ2v) is 8.20. The number of hydrogen-bond donors (Lipinski definition) is 1. The fourth-order valence-electron chi connectivity index (χ4n) is 2.72. The molecule has 0 aliphatic rings. The Kier molecular flexibility index (Phi) is 7.17. The first kappa shape index (κ1) is 21.4. The number of hydrogen-bond acceptors (Lipinski definition) is 5. The number of amides is 1. The number of carbonyl (C=O) groups excluding carboxylic acids is 2. The highest BCUT2D eigenvalue weighted by molar-refractivity contribution is 7.92. The van der Waals surface area contributed by atoms with Crippen LogP contribution < -0.4 is 14.4 Å². The van der Waals surface area contributed by atoms with Gasteiger partial charge in [-0.25, -0.2) is 8.42 Å². The van der Waals surface area contributed by atoms with Crippen molar-refractivity contribution in [2.24, 2.45) is 0 Å². The Hall–Kier alpha value is -2.87. The maximum atomic E-state index is 12.2. The van der Waals surface area contributed by atoms with Gasteiger partial charge in [0.2, 0.25) is 15.9 Å². The summed E-state index contributed by atoms with van der Waals surface area (Å²) >= 11 is 0. The van der Waals surface area contributed by atoms with Crippen molar-refractivity contribution in [2.75, 3.05) is 29.5 Å². The molecule has 0 bridgehead atoms. The third-order valence-electron chi connectivity index (χ3n) is 4.07. The van der Waals surface area contributed by atoms with Crippen LogP contribution in [-0.2, 0) is 14.8 Å². The lowest BCUT2D eigenvalue weighted by Gasteiger charge is -2.24. The van der Waals surface area contributed by atoms with Crippen LogP contribution in [0.25, 0.3) is 0 Å². The Balaban J connectivity index is 2.02. The van der Waals surface area contributed by atoms with E-state index in [1.807, 2.05) is 0 Å². The van der Waals surface area contributed by atoms with Crippen LogP contribution in [0.2, 0.25) is 0 Å². The van der Waals surface area contributed by atoms with Gasteiger partial charge in [0.05, 0.1) is 19.1 Å². The number of Topliss-reactive ketones (excluding diaryl/α,β-unsaturated/α-hetero) is 1. The largest absolute Gasteiger partial charge is 0.495 e. The molecule has 2 aromatic carbocycles. The molecule has 8 heteroatoms. The number of para-hydroxylation sites is 2. The molecule has 0 atom stereocenters. The van der Waals surface area contributed by atoms with Gasteiger partial charge in [0.1, 0.15) is 5.75 Å². The first-order valence-corrected chi connectivity index (χ1v) is 10.6. The first-order valence-electron chi connectivity index (χ1n) is 8.74. The summed E-state index contributed by atoms with van der Waals surface area (Å²) in [6.07, 6.45) is 1.57. The number of ether oxygens (including phenoxy) is 1. The van der Waals surface area contributed by atoms with E-state index in [9.17, 15) is 18.0 Å². The minimum Gasteiger partial charge on any atom is -0.495 e. The summed E-state index contributed by atoms with van der Waals surface area (Å²) in [5.74, 6) is 0.101. The van der Waals surface area contributed by atoms with Gasteiger partial charge in [-0.1, -0.05) is 24.3 Å². The molecule has 2 rings (SSSR count). The minimum atomic E-state index is -3.54. The summed E-state index contributed by atoms with van der Waals surface area (Å²) < 4.78 is 30.9. The first-order chi connectivity index (χ1) is 13.2. The third kappa shape index (κ3) is 5.82. The van der Waals surface area contributed by atoms with Gasteiger partial charge >= 0.3 is 0 Å². The zero-order valence-electron chi connectivity index (χ0n) is 16.1. The number of anilines is 2. The maximum Gasteiger partial charge on any atom is 0.232 e. The van der Waals surface area contributed by atoms with Gasteiger partial charge in [-0.15, -0.1) is 0 Å². The van der Waals surface area contributed by atoms with Crippen LogP contribution in [0.4, 0.5) is 11.4 Å². The number of nitrogens with one attached hydrogen (secondary N) is 1. The Labute approximate surface area is 165 Å². The molecular formula is C20H24N2O5S. The minimum absolute atomic E-state index is 0.0864. The summed E-state index contributed by atoms with van der Waals surface area (Å²) in [5, 5.41) is 2.73. The number of nitrogens with zero attached hydrogens (tertiary/aromatic N) is 1. The predicted octanol–water partition coefficient (Wildman–Crippen LogP) is 3.08. The Bertz CT molecular complexity index is 957. The highest BCUT2D eigenvalue weighted by Crippen LogP contribution is 2.29. The molecule has 0 unspecified atom stereocenters. The Morgan fingerprint density at radius 1 is 1.11 bits per heavy atom. The summed E-state index contributed by atoms with van der Waals surface area (Å²) in [6, 6.07) is 13.5. The molecule has 0 radical (unpaired) electrons. The van der Waals surface area contributed by atoms with E-state index in [-0.39, 0.29) is 24.7 Å². The average Bonchev–Trinajstić information content (AvgIpc) is 2.64. The van der Waals surface area contributed by atoms with Gasteiger partial charge in [0.15, 0.2) is 5.78 Å². The molecule has 28 heavy (non-hydrogen) atoms. The van der Waals surface area contributed by atoms with Crippen molar-refractivity contribution in [1.82, 2.24) is 0 Å². The standard InChI is InChI=1S/C20H24N2O5S/c1-15(23)16-8-6-9-17(14-16)21-20(24)12-7-13-22(28(3,25)26)18-10-4-5-11-19(18)27-2/h4-6,8-11,14H,7,12-13H2,1-3H3,(H,21,24). The van der Waals surface area contributed by atoms with Crippen molar-refractivity contribution >= 4 is 33.1 Å². The normalized spacial score (nSPS) is 11.0. The van der Waals surface area contributed by atoms with E-state index in [1.165, 1.54) is 18.3 Å². The zero-order chi connectivity index (χ0) is 20.7. The molecule has 0 heterocycles. The molecule has 7 nitrogen and oxygen atoms in total. The van der Waals surface area contributed by atoms with Gasteiger partial charge in [0, 0.05) is 24.2 Å². The highest BCUT2D eigenvalue weighted by atomic mass is 32.2. The fourth-order valence-corrected chi connectivity index (χ4v) is 3.69. The van der Waals surface area contributed by atoms with Gasteiger partial charge < -0.3 is 10.1 Å². The second-order valence-electron chi connectivity index (χ2n) is 6.30. The molecule has 0 fully saturated rings. The number of methoxy groups -OCH3 is 1. The number of ketones is 1. The number of rotatable bonds is 9. The molecule has 0 aliphatic heterocycles. The molecule has 2 aromatic rings.